The summed E-state index contributed by atoms with van der Waals surface area (Å²) in [5.74, 6) is -0.866. The molecule has 0 aliphatic rings. The molecule has 0 saturated heterocycles. The molecule has 0 aromatic heterocycles. The summed E-state index contributed by atoms with van der Waals surface area (Å²) in [6, 6.07) is 0. The summed E-state index contributed by atoms with van der Waals surface area (Å²) in [6.07, 6.45) is 77.4. The van der Waals surface area contributed by atoms with Gasteiger partial charge in [-0.25, -0.2) is 0 Å². The first-order valence-corrected chi connectivity index (χ1v) is 33.0. The van der Waals surface area contributed by atoms with Gasteiger partial charge in [-0.15, -0.1) is 0 Å². The Hall–Kier alpha value is -2.37. The second-order valence-corrected chi connectivity index (χ2v) is 22.4. The largest absolute Gasteiger partial charge is 0.462 e. The second-order valence-electron chi connectivity index (χ2n) is 22.4. The Morgan fingerprint density at radius 2 is 0.459 bits per heavy atom. The molecule has 0 aliphatic heterocycles. The Labute approximate surface area is 461 Å². The van der Waals surface area contributed by atoms with E-state index in [4.69, 9.17) is 14.2 Å². The molecule has 0 bridgehead atoms. The van der Waals surface area contributed by atoms with Gasteiger partial charge in [-0.3, -0.25) is 14.4 Å². The molecule has 0 fully saturated rings. The molecule has 1 atom stereocenters. The van der Waals surface area contributed by atoms with Gasteiger partial charge in [0.1, 0.15) is 13.2 Å². The van der Waals surface area contributed by atoms with Gasteiger partial charge in [-0.05, 0) is 89.9 Å². The minimum Gasteiger partial charge on any atom is -0.462 e. The van der Waals surface area contributed by atoms with Crippen molar-refractivity contribution in [2.24, 2.45) is 0 Å². The van der Waals surface area contributed by atoms with Crippen molar-refractivity contribution in [1.82, 2.24) is 0 Å². The molecule has 6 nitrogen and oxygen atoms in total. The van der Waals surface area contributed by atoms with Crippen molar-refractivity contribution in [2.45, 2.75) is 367 Å². The quantitative estimate of drug-likeness (QED) is 0.0261. The van der Waals surface area contributed by atoms with Gasteiger partial charge in [-0.1, -0.05) is 288 Å². The van der Waals surface area contributed by atoms with Gasteiger partial charge in [0.05, 0.1) is 0 Å². The molecule has 434 valence electrons. The van der Waals surface area contributed by atoms with Crippen molar-refractivity contribution >= 4 is 17.9 Å². The maximum absolute atomic E-state index is 12.9. The highest BCUT2D eigenvalue weighted by molar-refractivity contribution is 5.71. The minimum absolute atomic E-state index is 0.0730. The maximum Gasteiger partial charge on any atom is 0.306 e. The zero-order chi connectivity index (χ0) is 53.6. The zero-order valence-corrected chi connectivity index (χ0v) is 49.9. The molecule has 0 N–H and O–H groups in total. The Kier molecular flexibility index (Phi) is 61.1. The predicted octanol–water partition coefficient (Wildman–Crippen LogP) is 22.4. The Morgan fingerprint density at radius 3 is 0.716 bits per heavy atom. The maximum atomic E-state index is 12.9. The molecule has 0 spiro atoms. The lowest BCUT2D eigenvalue weighted by Gasteiger charge is -2.18. The van der Waals surface area contributed by atoms with Gasteiger partial charge in [0.25, 0.3) is 0 Å². The monoisotopic (exact) mass is 1040 g/mol. The number of unbranched alkanes of at least 4 members (excludes halogenated alkanes) is 44. The third kappa shape index (κ3) is 60.5. The Morgan fingerprint density at radius 1 is 0.257 bits per heavy atom. The summed E-state index contributed by atoms with van der Waals surface area (Å²) >= 11 is 0. The first-order chi connectivity index (χ1) is 36.5. The fraction of sp³-hybridized carbons (Fsp3) is 0.868. The van der Waals surface area contributed by atoms with Gasteiger partial charge < -0.3 is 14.2 Å². The lowest BCUT2D eigenvalue weighted by Crippen LogP contribution is -2.30. The normalized spacial score (nSPS) is 12.2. The molecule has 0 heterocycles. The van der Waals surface area contributed by atoms with Gasteiger partial charge in [0.2, 0.25) is 0 Å². The number of ether oxygens (including phenoxy) is 3. The fourth-order valence-electron chi connectivity index (χ4n) is 9.83. The molecule has 0 rings (SSSR count). The number of hydrogen-bond acceptors (Lipinski definition) is 6. The lowest BCUT2D eigenvalue weighted by molar-refractivity contribution is -0.167. The van der Waals surface area contributed by atoms with E-state index >= 15 is 0 Å². The van der Waals surface area contributed by atoms with E-state index in [2.05, 4.69) is 57.2 Å². The molecule has 0 aromatic carbocycles. The van der Waals surface area contributed by atoms with E-state index in [1.807, 2.05) is 0 Å². The van der Waals surface area contributed by atoms with E-state index in [1.54, 1.807) is 0 Å². The lowest BCUT2D eigenvalue weighted by atomic mass is 10.0. The number of esters is 3. The van der Waals surface area contributed by atoms with Crippen LogP contribution in [0.25, 0.3) is 0 Å². The van der Waals surface area contributed by atoms with Gasteiger partial charge in [0, 0.05) is 19.3 Å². The summed E-state index contributed by atoms with van der Waals surface area (Å²) in [5, 5.41) is 0. The van der Waals surface area contributed by atoms with E-state index in [0.717, 1.165) is 64.2 Å². The highest BCUT2D eigenvalue weighted by Gasteiger charge is 2.19. The van der Waals surface area contributed by atoms with Crippen LogP contribution in [-0.4, -0.2) is 37.2 Å². The molecule has 6 heteroatoms. The van der Waals surface area contributed by atoms with Crippen LogP contribution in [-0.2, 0) is 28.6 Å². The van der Waals surface area contributed by atoms with Crippen molar-refractivity contribution in [1.29, 1.82) is 0 Å². The van der Waals surface area contributed by atoms with E-state index in [9.17, 15) is 14.4 Å². The molecule has 0 aromatic rings. The molecule has 0 radical (unpaired) electrons. The third-order valence-electron chi connectivity index (χ3n) is 14.8. The SMILES string of the molecule is CCCC/C=C\CCCCCCCC(=O)OCC(COC(=O)CCCCCCCCCCCCCCCCC/C=C\CCCCCCCCCC)OC(=O)CCCCCCCCC/C=C\CCCCCCCCC. The first kappa shape index (κ1) is 71.6. The Balaban J connectivity index is 4.18. The van der Waals surface area contributed by atoms with Gasteiger partial charge in [-0.2, -0.15) is 0 Å². The van der Waals surface area contributed by atoms with Crippen LogP contribution in [0.2, 0.25) is 0 Å². The first-order valence-electron chi connectivity index (χ1n) is 33.0. The van der Waals surface area contributed by atoms with Crippen LogP contribution in [0.1, 0.15) is 361 Å². The molecule has 0 saturated carbocycles. The smallest absolute Gasteiger partial charge is 0.306 e. The van der Waals surface area contributed by atoms with E-state index in [-0.39, 0.29) is 31.1 Å². The number of allylic oxidation sites excluding steroid dienone is 6. The average Bonchev–Trinajstić information content (AvgIpc) is 3.40. The summed E-state index contributed by atoms with van der Waals surface area (Å²) in [6.45, 7) is 6.64. The molecular formula is C68H126O6. The van der Waals surface area contributed by atoms with Crippen LogP contribution >= 0.6 is 0 Å². The fourth-order valence-corrected chi connectivity index (χ4v) is 9.83. The van der Waals surface area contributed by atoms with Crippen molar-refractivity contribution in [3.63, 3.8) is 0 Å². The van der Waals surface area contributed by atoms with Crippen LogP contribution in [0.5, 0.6) is 0 Å². The number of carbonyl (C=O) groups is 3. The van der Waals surface area contributed by atoms with E-state index in [0.29, 0.717) is 19.3 Å². The van der Waals surface area contributed by atoms with E-state index in [1.165, 1.54) is 257 Å². The molecule has 0 aliphatic carbocycles. The highest BCUT2D eigenvalue weighted by atomic mass is 16.6. The summed E-state index contributed by atoms with van der Waals surface area (Å²) in [4.78, 5) is 38.2. The summed E-state index contributed by atoms with van der Waals surface area (Å²) < 4.78 is 16.9. The average molecular weight is 1040 g/mol. The Bertz CT molecular complexity index is 1240. The molecule has 0 amide bonds. The highest BCUT2D eigenvalue weighted by Crippen LogP contribution is 2.17. The van der Waals surface area contributed by atoms with Crippen LogP contribution in [0, 0.1) is 0 Å². The van der Waals surface area contributed by atoms with Gasteiger partial charge >= 0.3 is 17.9 Å². The summed E-state index contributed by atoms with van der Waals surface area (Å²) in [5.41, 5.74) is 0. The molecule has 1 unspecified atom stereocenters. The van der Waals surface area contributed by atoms with Crippen molar-refractivity contribution in [2.75, 3.05) is 13.2 Å². The molecule has 74 heavy (non-hydrogen) atoms. The predicted molar refractivity (Wildman–Crippen MR) is 321 cm³/mol. The number of rotatable bonds is 61. The van der Waals surface area contributed by atoms with Gasteiger partial charge in [0.15, 0.2) is 6.10 Å². The zero-order valence-electron chi connectivity index (χ0n) is 49.9. The minimum atomic E-state index is -0.776. The van der Waals surface area contributed by atoms with Crippen molar-refractivity contribution in [3.8, 4) is 0 Å². The van der Waals surface area contributed by atoms with Crippen LogP contribution in [0.4, 0.5) is 0 Å². The summed E-state index contributed by atoms with van der Waals surface area (Å²) in [7, 11) is 0. The van der Waals surface area contributed by atoms with Crippen LogP contribution in [0.15, 0.2) is 36.5 Å². The van der Waals surface area contributed by atoms with E-state index < -0.39 is 6.10 Å². The number of hydrogen-bond donors (Lipinski definition) is 0. The molecular weight excluding hydrogens is 913 g/mol. The van der Waals surface area contributed by atoms with Crippen LogP contribution in [0.3, 0.4) is 0 Å². The van der Waals surface area contributed by atoms with Crippen molar-refractivity contribution < 1.29 is 28.6 Å². The van der Waals surface area contributed by atoms with Crippen molar-refractivity contribution in [3.05, 3.63) is 36.5 Å². The topological polar surface area (TPSA) is 78.9 Å². The second kappa shape index (κ2) is 63.2. The standard InChI is InChI=1S/C68H126O6/c1-4-7-10-13-16-19-22-24-26-28-30-31-32-33-34-35-36-37-38-40-41-43-46-49-52-55-58-61-67(70)73-64-65(63-72-66(69)60-57-54-51-48-45-21-18-15-12-9-6-3)74-68(71)62-59-56-53-50-47-44-42-39-29-27-25-23-20-17-14-11-8-5-2/h15,18,27-30,65H,4-14,16-17,19-26,31-64H2,1-3H3/b18-15-,29-27-,30-28-. The van der Waals surface area contributed by atoms with Crippen LogP contribution < -0.4 is 0 Å². The number of carbonyl (C=O) groups excluding carboxylic acids is 3. The third-order valence-corrected chi connectivity index (χ3v) is 14.8.